The molecule has 0 aliphatic rings. The number of amides is 1. The van der Waals surface area contributed by atoms with Gasteiger partial charge in [0, 0.05) is 24.3 Å². The van der Waals surface area contributed by atoms with Gasteiger partial charge in [0.2, 0.25) is 0 Å². The fraction of sp³-hybridized carbons (Fsp3) is 0.500. The number of pyridine rings is 1. The predicted molar refractivity (Wildman–Crippen MR) is 88.8 cm³/mol. The van der Waals surface area contributed by atoms with Crippen LogP contribution in [0.2, 0.25) is 0 Å². The third kappa shape index (κ3) is 3.46. The van der Waals surface area contributed by atoms with Crippen molar-refractivity contribution >= 4 is 27.5 Å². The van der Waals surface area contributed by atoms with Gasteiger partial charge in [-0.3, -0.25) is 9.20 Å². The Morgan fingerprint density at radius 2 is 2.10 bits per heavy atom. The summed E-state index contributed by atoms with van der Waals surface area (Å²) in [5, 5.41) is 0. The Morgan fingerprint density at radius 1 is 1.33 bits per heavy atom. The Kier molecular flexibility index (Phi) is 5.39. The number of hydrogen-bond donors (Lipinski definition) is 0. The molecular weight excluding hydrogens is 330 g/mol. The van der Waals surface area contributed by atoms with Gasteiger partial charge in [-0.1, -0.05) is 26.7 Å². The van der Waals surface area contributed by atoms with E-state index in [0.717, 1.165) is 48.0 Å². The SMILES string of the molecule is CCCCN(C)C(=O)c1c(CCC)nc2ccc(Br)cn12. The summed E-state index contributed by atoms with van der Waals surface area (Å²) >= 11 is 3.47. The molecular formula is C16H22BrN3O. The van der Waals surface area contributed by atoms with Crippen LogP contribution in [-0.4, -0.2) is 33.8 Å². The summed E-state index contributed by atoms with van der Waals surface area (Å²) in [5.41, 5.74) is 2.42. The molecule has 0 atom stereocenters. The Balaban J connectivity index is 2.46. The van der Waals surface area contributed by atoms with Crippen LogP contribution in [0.5, 0.6) is 0 Å². The van der Waals surface area contributed by atoms with Crippen LogP contribution in [0.1, 0.15) is 49.3 Å². The highest BCUT2D eigenvalue weighted by atomic mass is 79.9. The van der Waals surface area contributed by atoms with Crippen LogP contribution in [0, 0.1) is 0 Å². The summed E-state index contributed by atoms with van der Waals surface area (Å²) in [5.74, 6) is 0.0532. The highest BCUT2D eigenvalue weighted by molar-refractivity contribution is 9.10. The maximum absolute atomic E-state index is 12.8. The minimum Gasteiger partial charge on any atom is -0.340 e. The van der Waals surface area contributed by atoms with Gasteiger partial charge < -0.3 is 4.90 Å². The van der Waals surface area contributed by atoms with Crippen molar-refractivity contribution in [3.63, 3.8) is 0 Å². The number of aryl methyl sites for hydroxylation is 1. The number of carbonyl (C=O) groups excluding carboxylic acids is 1. The van der Waals surface area contributed by atoms with Crippen LogP contribution < -0.4 is 0 Å². The van der Waals surface area contributed by atoms with Crippen LogP contribution in [0.4, 0.5) is 0 Å². The third-order valence-electron chi connectivity index (χ3n) is 3.54. The van der Waals surface area contributed by atoms with Gasteiger partial charge in [0.05, 0.1) is 5.69 Å². The highest BCUT2D eigenvalue weighted by Crippen LogP contribution is 2.19. The topological polar surface area (TPSA) is 37.6 Å². The van der Waals surface area contributed by atoms with E-state index in [-0.39, 0.29) is 5.91 Å². The quantitative estimate of drug-likeness (QED) is 0.790. The molecule has 2 heterocycles. The summed E-state index contributed by atoms with van der Waals surface area (Å²) in [6, 6.07) is 3.89. The molecule has 2 rings (SSSR count). The van der Waals surface area contributed by atoms with Crippen molar-refractivity contribution in [2.24, 2.45) is 0 Å². The molecule has 1 amide bonds. The van der Waals surface area contributed by atoms with Gasteiger partial charge in [0.25, 0.3) is 5.91 Å². The Labute approximate surface area is 134 Å². The van der Waals surface area contributed by atoms with E-state index in [2.05, 4.69) is 34.8 Å². The highest BCUT2D eigenvalue weighted by Gasteiger charge is 2.21. The molecule has 0 aliphatic carbocycles. The van der Waals surface area contributed by atoms with Gasteiger partial charge >= 0.3 is 0 Å². The number of unbranched alkanes of at least 4 members (excludes halogenated alkanes) is 1. The molecule has 5 heteroatoms. The molecule has 0 spiro atoms. The van der Waals surface area contributed by atoms with E-state index < -0.39 is 0 Å². The zero-order valence-electron chi connectivity index (χ0n) is 12.9. The van der Waals surface area contributed by atoms with Gasteiger partial charge in [-0.05, 0) is 40.9 Å². The minimum absolute atomic E-state index is 0.0532. The van der Waals surface area contributed by atoms with Crippen molar-refractivity contribution in [1.82, 2.24) is 14.3 Å². The standard InChI is InChI=1S/C16H22BrN3O/c1-4-6-10-19(3)16(21)15-13(7-5-2)18-14-9-8-12(17)11-20(14)15/h8-9,11H,4-7,10H2,1-3H3. The van der Waals surface area contributed by atoms with E-state index in [9.17, 15) is 4.79 Å². The molecule has 0 aliphatic heterocycles. The number of fused-ring (bicyclic) bond motifs is 1. The number of halogens is 1. The Hall–Kier alpha value is -1.36. The zero-order valence-corrected chi connectivity index (χ0v) is 14.5. The number of carbonyl (C=O) groups is 1. The van der Waals surface area contributed by atoms with E-state index >= 15 is 0 Å². The molecule has 0 radical (unpaired) electrons. The lowest BCUT2D eigenvalue weighted by Gasteiger charge is -2.17. The van der Waals surface area contributed by atoms with Crippen molar-refractivity contribution in [1.29, 1.82) is 0 Å². The number of imidazole rings is 1. The van der Waals surface area contributed by atoms with Crippen molar-refractivity contribution < 1.29 is 4.79 Å². The van der Waals surface area contributed by atoms with E-state index in [0.29, 0.717) is 5.69 Å². The van der Waals surface area contributed by atoms with E-state index in [4.69, 9.17) is 0 Å². The minimum atomic E-state index is 0.0532. The van der Waals surface area contributed by atoms with Crippen molar-refractivity contribution in [2.75, 3.05) is 13.6 Å². The van der Waals surface area contributed by atoms with Crippen LogP contribution in [0.25, 0.3) is 5.65 Å². The average molecular weight is 352 g/mol. The normalized spacial score (nSPS) is 11.0. The van der Waals surface area contributed by atoms with Crippen molar-refractivity contribution in [3.05, 3.63) is 34.2 Å². The molecule has 0 unspecified atom stereocenters. The summed E-state index contributed by atoms with van der Waals surface area (Å²) in [6.45, 7) is 5.02. The number of hydrogen-bond acceptors (Lipinski definition) is 2. The molecule has 0 fully saturated rings. The fourth-order valence-corrected chi connectivity index (χ4v) is 2.72. The molecule has 0 saturated heterocycles. The first kappa shape index (κ1) is 16.0. The maximum atomic E-state index is 12.8. The van der Waals surface area contributed by atoms with E-state index in [1.54, 1.807) is 4.90 Å². The Morgan fingerprint density at radius 3 is 2.76 bits per heavy atom. The third-order valence-corrected chi connectivity index (χ3v) is 4.01. The smallest absolute Gasteiger partial charge is 0.272 e. The second-order valence-electron chi connectivity index (χ2n) is 5.31. The first-order valence-corrected chi connectivity index (χ1v) is 8.29. The lowest BCUT2D eigenvalue weighted by Crippen LogP contribution is -2.29. The second-order valence-corrected chi connectivity index (χ2v) is 6.23. The van der Waals surface area contributed by atoms with Crippen LogP contribution in [0.15, 0.2) is 22.8 Å². The summed E-state index contributed by atoms with van der Waals surface area (Å²) in [6.07, 6.45) is 5.82. The molecule has 2 aromatic heterocycles. The van der Waals surface area contributed by atoms with Crippen LogP contribution in [0.3, 0.4) is 0 Å². The number of rotatable bonds is 6. The molecule has 0 aromatic carbocycles. The molecule has 0 saturated carbocycles. The fourth-order valence-electron chi connectivity index (χ4n) is 2.38. The van der Waals surface area contributed by atoms with Gasteiger partial charge in [-0.15, -0.1) is 0 Å². The van der Waals surface area contributed by atoms with Gasteiger partial charge in [0.1, 0.15) is 11.3 Å². The monoisotopic (exact) mass is 351 g/mol. The van der Waals surface area contributed by atoms with Crippen LogP contribution >= 0.6 is 15.9 Å². The van der Waals surface area contributed by atoms with Gasteiger partial charge in [-0.25, -0.2) is 4.98 Å². The Bertz CT molecular complexity index is 636. The van der Waals surface area contributed by atoms with Gasteiger partial charge in [0.15, 0.2) is 0 Å². The van der Waals surface area contributed by atoms with E-state index in [1.807, 2.05) is 29.8 Å². The first-order chi connectivity index (χ1) is 10.1. The van der Waals surface area contributed by atoms with Crippen LogP contribution in [-0.2, 0) is 6.42 Å². The lowest BCUT2D eigenvalue weighted by atomic mass is 10.2. The zero-order chi connectivity index (χ0) is 15.4. The largest absolute Gasteiger partial charge is 0.340 e. The molecule has 0 N–H and O–H groups in total. The lowest BCUT2D eigenvalue weighted by molar-refractivity contribution is 0.0785. The molecule has 0 bridgehead atoms. The molecule has 4 nitrogen and oxygen atoms in total. The predicted octanol–water partition coefficient (Wildman–Crippen LogP) is 3.92. The van der Waals surface area contributed by atoms with Crippen molar-refractivity contribution in [2.45, 2.75) is 39.5 Å². The molecule has 114 valence electrons. The maximum Gasteiger partial charge on any atom is 0.272 e. The first-order valence-electron chi connectivity index (χ1n) is 7.50. The second kappa shape index (κ2) is 7.07. The summed E-state index contributed by atoms with van der Waals surface area (Å²) in [7, 11) is 1.87. The van der Waals surface area contributed by atoms with Gasteiger partial charge in [-0.2, -0.15) is 0 Å². The van der Waals surface area contributed by atoms with Crippen molar-refractivity contribution in [3.8, 4) is 0 Å². The number of nitrogens with zero attached hydrogens (tertiary/aromatic N) is 3. The molecule has 2 aromatic rings. The summed E-state index contributed by atoms with van der Waals surface area (Å²) < 4.78 is 2.85. The van der Waals surface area contributed by atoms with E-state index in [1.165, 1.54) is 0 Å². The number of aromatic nitrogens is 2. The summed E-state index contributed by atoms with van der Waals surface area (Å²) in [4.78, 5) is 19.2. The molecule has 21 heavy (non-hydrogen) atoms. The average Bonchev–Trinajstić information content (AvgIpc) is 2.81.